The lowest BCUT2D eigenvalue weighted by molar-refractivity contribution is -0.0432. The van der Waals surface area contributed by atoms with E-state index in [-0.39, 0.29) is 18.3 Å². The molecule has 2 nitrogen and oxygen atoms in total. The number of rotatable bonds is 0. The maximum Gasteiger partial charge on any atom is 0.248 e. The monoisotopic (exact) mass is 256 g/mol. The van der Waals surface area contributed by atoms with Crippen LogP contribution in [0.5, 0.6) is 0 Å². The fraction of sp³-hybridized carbons (Fsp3) is 0.500. The van der Waals surface area contributed by atoms with Crippen LogP contribution in [0, 0.1) is 0 Å². The zero-order valence-electron chi connectivity index (χ0n) is 9.09. The molecule has 0 saturated heterocycles. The Kier molecular flexibility index (Phi) is 2.27. The topological polar surface area (TPSA) is 25.2 Å². The molecular formula is C12H11ClF2N2. The van der Waals surface area contributed by atoms with Gasteiger partial charge in [0.05, 0.1) is 5.02 Å². The third kappa shape index (κ3) is 1.75. The average molecular weight is 257 g/mol. The maximum absolute atomic E-state index is 13.2. The Bertz CT molecular complexity index is 489. The van der Waals surface area contributed by atoms with Gasteiger partial charge in [-0.2, -0.15) is 0 Å². The maximum atomic E-state index is 13.2. The van der Waals surface area contributed by atoms with Crippen molar-refractivity contribution in [3.8, 4) is 0 Å². The molecule has 1 saturated carbocycles. The molecular weight excluding hydrogens is 246 g/mol. The van der Waals surface area contributed by atoms with Crippen molar-refractivity contribution in [2.75, 3.05) is 0 Å². The van der Waals surface area contributed by atoms with Gasteiger partial charge >= 0.3 is 0 Å². The van der Waals surface area contributed by atoms with E-state index in [9.17, 15) is 8.78 Å². The van der Waals surface area contributed by atoms with E-state index in [0.29, 0.717) is 23.7 Å². The van der Waals surface area contributed by atoms with Crippen LogP contribution in [-0.2, 0) is 5.41 Å². The third-order valence-electron chi connectivity index (χ3n) is 3.68. The molecule has 0 aromatic carbocycles. The van der Waals surface area contributed by atoms with Crippen molar-refractivity contribution in [3.63, 3.8) is 0 Å². The predicted octanol–water partition coefficient (Wildman–Crippen LogP) is 3.90. The molecule has 2 aliphatic rings. The van der Waals surface area contributed by atoms with Crippen molar-refractivity contribution < 1.29 is 8.78 Å². The normalized spacial score (nSPS) is 23.9. The fourth-order valence-electron chi connectivity index (χ4n) is 2.62. The summed E-state index contributed by atoms with van der Waals surface area (Å²) in [4.78, 5) is 8.35. The van der Waals surface area contributed by atoms with Crippen molar-refractivity contribution in [2.24, 2.45) is 4.99 Å². The first kappa shape index (κ1) is 11.1. The van der Waals surface area contributed by atoms with Crippen molar-refractivity contribution >= 4 is 23.6 Å². The SMILES string of the molecule is FC1(F)CCC2(C=Nc3ncc(Cl)cc32)CC1. The van der Waals surface area contributed by atoms with Gasteiger partial charge in [0.1, 0.15) is 0 Å². The van der Waals surface area contributed by atoms with E-state index in [2.05, 4.69) is 9.98 Å². The summed E-state index contributed by atoms with van der Waals surface area (Å²) < 4.78 is 26.4. The number of alkyl halides is 2. The first-order chi connectivity index (χ1) is 8.01. The summed E-state index contributed by atoms with van der Waals surface area (Å²) in [5, 5.41) is 0.533. The van der Waals surface area contributed by atoms with Crippen molar-refractivity contribution in [2.45, 2.75) is 37.0 Å². The number of halogens is 3. The number of aromatic nitrogens is 1. The van der Waals surface area contributed by atoms with Gasteiger partial charge < -0.3 is 0 Å². The smallest absolute Gasteiger partial charge is 0.240 e. The van der Waals surface area contributed by atoms with Gasteiger partial charge in [-0.1, -0.05) is 11.6 Å². The molecule has 90 valence electrons. The molecule has 0 amide bonds. The van der Waals surface area contributed by atoms with E-state index >= 15 is 0 Å². The van der Waals surface area contributed by atoms with Crippen LogP contribution in [0.1, 0.15) is 31.2 Å². The molecule has 2 heterocycles. The summed E-state index contributed by atoms with van der Waals surface area (Å²) in [6, 6.07) is 1.81. The summed E-state index contributed by atoms with van der Waals surface area (Å²) in [6.45, 7) is 0. The lowest BCUT2D eigenvalue weighted by Gasteiger charge is -2.35. The Hall–Kier alpha value is -1.03. The second-order valence-corrected chi connectivity index (χ2v) is 5.23. The predicted molar refractivity (Wildman–Crippen MR) is 62.5 cm³/mol. The number of nitrogens with zero attached hydrogens (tertiary/aromatic N) is 2. The number of fused-ring (bicyclic) bond motifs is 2. The largest absolute Gasteiger partial charge is 0.248 e. The van der Waals surface area contributed by atoms with E-state index in [4.69, 9.17) is 11.6 Å². The first-order valence-corrected chi connectivity index (χ1v) is 5.98. The number of aliphatic imine (C=N–C) groups is 1. The zero-order chi connectivity index (χ0) is 12.1. The molecule has 5 heteroatoms. The lowest BCUT2D eigenvalue weighted by Crippen LogP contribution is -2.36. The Balaban J connectivity index is 1.98. The molecule has 1 fully saturated rings. The molecule has 17 heavy (non-hydrogen) atoms. The minimum Gasteiger partial charge on any atom is -0.240 e. The summed E-state index contributed by atoms with van der Waals surface area (Å²) >= 11 is 5.92. The van der Waals surface area contributed by atoms with E-state index < -0.39 is 5.92 Å². The number of hydrogen-bond acceptors (Lipinski definition) is 2. The Labute approximate surface area is 103 Å². The molecule has 0 atom stereocenters. The van der Waals surface area contributed by atoms with Gasteiger partial charge in [0, 0.05) is 36.2 Å². The summed E-state index contributed by atoms with van der Waals surface area (Å²) in [5.74, 6) is -1.91. The highest BCUT2D eigenvalue weighted by Crippen LogP contribution is 2.49. The summed E-state index contributed by atoms with van der Waals surface area (Å²) in [5.41, 5.74) is 0.537. The molecule has 0 unspecified atom stereocenters. The van der Waals surface area contributed by atoms with Gasteiger partial charge in [-0.05, 0) is 18.9 Å². The second kappa shape index (κ2) is 3.48. The minimum absolute atomic E-state index is 0.0923. The highest BCUT2D eigenvalue weighted by atomic mass is 35.5. The minimum atomic E-state index is -2.53. The highest BCUT2D eigenvalue weighted by molar-refractivity contribution is 6.30. The molecule has 3 rings (SSSR count). The van der Waals surface area contributed by atoms with Crippen LogP contribution in [0.25, 0.3) is 0 Å². The van der Waals surface area contributed by atoms with E-state index in [1.54, 1.807) is 12.3 Å². The molecule has 0 bridgehead atoms. The number of hydrogen-bond donors (Lipinski definition) is 0. The van der Waals surface area contributed by atoms with Gasteiger partial charge in [-0.25, -0.2) is 18.8 Å². The Morgan fingerprint density at radius 2 is 1.88 bits per heavy atom. The second-order valence-electron chi connectivity index (χ2n) is 4.79. The van der Waals surface area contributed by atoms with Crippen LogP contribution in [0.4, 0.5) is 14.6 Å². The van der Waals surface area contributed by atoms with E-state index in [1.165, 1.54) is 6.20 Å². The molecule has 1 spiro atoms. The number of pyridine rings is 1. The van der Waals surface area contributed by atoms with Gasteiger partial charge in [-0.15, -0.1) is 0 Å². The van der Waals surface area contributed by atoms with Crippen LogP contribution in [0.15, 0.2) is 17.3 Å². The van der Waals surface area contributed by atoms with Gasteiger partial charge in [-0.3, -0.25) is 0 Å². The first-order valence-electron chi connectivity index (χ1n) is 5.60. The highest BCUT2D eigenvalue weighted by Gasteiger charge is 2.46. The van der Waals surface area contributed by atoms with Gasteiger partial charge in [0.2, 0.25) is 5.92 Å². The molecule has 0 N–H and O–H groups in total. The van der Waals surface area contributed by atoms with Crippen LogP contribution in [-0.4, -0.2) is 17.1 Å². The van der Waals surface area contributed by atoms with E-state index in [1.807, 2.05) is 0 Å². The van der Waals surface area contributed by atoms with E-state index in [0.717, 1.165) is 5.56 Å². The van der Waals surface area contributed by atoms with Gasteiger partial charge in [0.15, 0.2) is 5.82 Å². The average Bonchev–Trinajstić information content (AvgIpc) is 2.63. The summed E-state index contributed by atoms with van der Waals surface area (Å²) in [6.07, 6.45) is 3.96. The van der Waals surface area contributed by atoms with Crippen molar-refractivity contribution in [3.05, 3.63) is 22.8 Å². The van der Waals surface area contributed by atoms with Crippen LogP contribution < -0.4 is 0 Å². The fourth-order valence-corrected chi connectivity index (χ4v) is 2.77. The van der Waals surface area contributed by atoms with Crippen molar-refractivity contribution in [1.29, 1.82) is 0 Å². The molecule has 1 aliphatic carbocycles. The van der Waals surface area contributed by atoms with Crippen LogP contribution in [0.2, 0.25) is 5.02 Å². The Morgan fingerprint density at radius 3 is 2.59 bits per heavy atom. The quantitative estimate of drug-likeness (QED) is 0.691. The van der Waals surface area contributed by atoms with Crippen LogP contribution >= 0.6 is 11.6 Å². The zero-order valence-corrected chi connectivity index (χ0v) is 9.84. The molecule has 1 aromatic rings. The molecule has 1 aliphatic heterocycles. The van der Waals surface area contributed by atoms with Crippen LogP contribution in [0.3, 0.4) is 0 Å². The summed E-state index contributed by atoms with van der Waals surface area (Å²) in [7, 11) is 0. The van der Waals surface area contributed by atoms with Gasteiger partial charge in [0.25, 0.3) is 0 Å². The standard InChI is InChI=1S/C12H11ClF2N2/c13-8-5-9-10(16-6-8)17-7-11(9)1-3-12(14,15)4-2-11/h5-7H,1-4H2. The molecule has 1 aromatic heterocycles. The molecule has 0 radical (unpaired) electrons. The third-order valence-corrected chi connectivity index (χ3v) is 3.88. The lowest BCUT2D eigenvalue weighted by atomic mass is 9.70. The Morgan fingerprint density at radius 1 is 1.18 bits per heavy atom. The van der Waals surface area contributed by atoms with Crippen molar-refractivity contribution in [1.82, 2.24) is 4.98 Å².